The summed E-state index contributed by atoms with van der Waals surface area (Å²) >= 11 is 3.39. The van der Waals surface area contributed by atoms with E-state index in [0.29, 0.717) is 13.0 Å². The van der Waals surface area contributed by atoms with Gasteiger partial charge < -0.3 is 0 Å². The summed E-state index contributed by atoms with van der Waals surface area (Å²) in [5.74, 6) is 0. The molecular weight excluding hydrogens is 328 g/mol. The number of aromatic nitrogens is 2. The van der Waals surface area contributed by atoms with E-state index in [1.807, 2.05) is 41.2 Å². The van der Waals surface area contributed by atoms with Crippen LogP contribution in [-0.4, -0.2) is 15.8 Å². The fraction of sp³-hybridized carbons (Fsp3) is 0.375. The normalized spacial score (nSPS) is 13.9. The van der Waals surface area contributed by atoms with E-state index < -0.39 is 5.54 Å². The maximum atomic E-state index is 9.81. The van der Waals surface area contributed by atoms with Gasteiger partial charge in [-0.15, -0.1) is 0 Å². The van der Waals surface area contributed by atoms with E-state index in [2.05, 4.69) is 46.3 Å². The van der Waals surface area contributed by atoms with Crippen molar-refractivity contribution >= 4 is 15.9 Å². The van der Waals surface area contributed by atoms with Crippen LogP contribution >= 0.6 is 15.9 Å². The summed E-state index contributed by atoms with van der Waals surface area (Å²) in [5, 5.41) is 17.5. The molecular formula is C16H19BrN4. The zero-order chi connectivity index (χ0) is 15.3. The molecule has 1 unspecified atom stereocenters. The van der Waals surface area contributed by atoms with Gasteiger partial charge in [-0.1, -0.05) is 30.3 Å². The number of nitriles is 1. The van der Waals surface area contributed by atoms with Gasteiger partial charge in [0, 0.05) is 25.2 Å². The Bertz CT molecular complexity index is 615. The molecule has 0 amide bonds. The minimum absolute atomic E-state index is 0.217. The Balaban J connectivity index is 2.25. The second-order valence-corrected chi connectivity index (χ2v) is 6.27. The average molecular weight is 347 g/mol. The van der Waals surface area contributed by atoms with Crippen LogP contribution in [0.15, 0.2) is 47.2 Å². The summed E-state index contributed by atoms with van der Waals surface area (Å²) in [6.45, 7) is 4.78. The maximum absolute atomic E-state index is 9.81. The SMILES string of the molecule is CC(C)NC(C#N)(CCn1cc(Br)cn1)c1ccccc1. The van der Waals surface area contributed by atoms with E-state index in [1.165, 1.54) is 0 Å². The van der Waals surface area contributed by atoms with Crippen molar-refractivity contribution in [1.82, 2.24) is 15.1 Å². The molecule has 5 heteroatoms. The van der Waals surface area contributed by atoms with E-state index in [0.717, 1.165) is 10.0 Å². The number of nitrogens with zero attached hydrogens (tertiary/aromatic N) is 3. The topological polar surface area (TPSA) is 53.6 Å². The first-order chi connectivity index (χ1) is 10.1. The summed E-state index contributed by atoms with van der Waals surface area (Å²) in [6, 6.07) is 12.6. The van der Waals surface area contributed by atoms with Gasteiger partial charge in [-0.05, 0) is 35.3 Å². The van der Waals surface area contributed by atoms with Crippen molar-refractivity contribution < 1.29 is 0 Å². The Kier molecular flexibility index (Phi) is 5.16. The fourth-order valence-electron chi connectivity index (χ4n) is 2.41. The van der Waals surface area contributed by atoms with E-state index >= 15 is 0 Å². The van der Waals surface area contributed by atoms with Crippen LogP contribution in [0.3, 0.4) is 0 Å². The molecule has 0 aliphatic carbocycles. The standard InChI is InChI=1S/C16H19BrN4/c1-13(2)20-16(12-18,14-6-4-3-5-7-14)8-9-21-11-15(17)10-19-21/h3-7,10-11,13,20H,8-9H2,1-2H3. The van der Waals surface area contributed by atoms with Gasteiger partial charge >= 0.3 is 0 Å². The van der Waals surface area contributed by atoms with Crippen molar-refractivity contribution in [2.45, 2.75) is 38.4 Å². The third-order valence-electron chi connectivity index (χ3n) is 3.31. The van der Waals surface area contributed by atoms with Crippen molar-refractivity contribution in [2.24, 2.45) is 0 Å². The molecule has 0 saturated heterocycles. The Labute approximate surface area is 133 Å². The molecule has 0 saturated carbocycles. The molecule has 4 nitrogen and oxygen atoms in total. The Morgan fingerprint density at radius 2 is 2.10 bits per heavy atom. The second-order valence-electron chi connectivity index (χ2n) is 5.35. The van der Waals surface area contributed by atoms with E-state index in [9.17, 15) is 5.26 Å². The van der Waals surface area contributed by atoms with Gasteiger partial charge in [0.2, 0.25) is 0 Å². The van der Waals surface area contributed by atoms with Gasteiger partial charge in [-0.2, -0.15) is 10.4 Å². The summed E-state index contributed by atoms with van der Waals surface area (Å²) in [4.78, 5) is 0. The first-order valence-corrected chi connectivity index (χ1v) is 7.77. The number of hydrogen-bond donors (Lipinski definition) is 1. The number of aryl methyl sites for hydroxylation is 1. The summed E-state index contributed by atoms with van der Waals surface area (Å²) < 4.78 is 2.79. The van der Waals surface area contributed by atoms with Gasteiger partial charge in [0.25, 0.3) is 0 Å². The largest absolute Gasteiger partial charge is 0.293 e. The lowest BCUT2D eigenvalue weighted by Crippen LogP contribution is -2.45. The van der Waals surface area contributed by atoms with Crippen molar-refractivity contribution in [3.8, 4) is 6.07 Å². The molecule has 2 rings (SSSR count). The molecule has 1 N–H and O–H groups in total. The summed E-state index contributed by atoms with van der Waals surface area (Å²) in [6.07, 6.45) is 4.33. The Hall–Kier alpha value is -1.64. The molecule has 0 bridgehead atoms. The summed E-state index contributed by atoms with van der Waals surface area (Å²) in [5.41, 5.74) is 0.292. The number of rotatable bonds is 6. The Morgan fingerprint density at radius 1 is 1.38 bits per heavy atom. The highest BCUT2D eigenvalue weighted by atomic mass is 79.9. The average Bonchev–Trinajstić information content (AvgIpc) is 2.90. The number of hydrogen-bond acceptors (Lipinski definition) is 3. The monoisotopic (exact) mass is 346 g/mol. The van der Waals surface area contributed by atoms with Gasteiger partial charge in [0.15, 0.2) is 0 Å². The van der Waals surface area contributed by atoms with Crippen LogP contribution in [0.1, 0.15) is 25.8 Å². The fourth-order valence-corrected chi connectivity index (χ4v) is 2.74. The lowest BCUT2D eigenvalue weighted by Gasteiger charge is -2.30. The maximum Gasteiger partial charge on any atom is 0.134 e. The Morgan fingerprint density at radius 3 is 2.62 bits per heavy atom. The van der Waals surface area contributed by atoms with Crippen molar-refractivity contribution in [3.63, 3.8) is 0 Å². The molecule has 21 heavy (non-hydrogen) atoms. The minimum atomic E-state index is -0.701. The van der Waals surface area contributed by atoms with E-state index in [1.54, 1.807) is 6.20 Å². The highest BCUT2D eigenvalue weighted by Gasteiger charge is 2.32. The predicted molar refractivity (Wildman–Crippen MR) is 86.5 cm³/mol. The molecule has 0 fully saturated rings. The molecule has 0 radical (unpaired) electrons. The summed E-state index contributed by atoms with van der Waals surface area (Å²) in [7, 11) is 0. The van der Waals surface area contributed by atoms with Crippen LogP contribution in [0, 0.1) is 11.3 Å². The predicted octanol–water partition coefficient (Wildman–Crippen LogP) is 3.45. The minimum Gasteiger partial charge on any atom is -0.293 e. The van der Waals surface area contributed by atoms with Gasteiger partial charge in [0.05, 0.1) is 16.7 Å². The third kappa shape index (κ3) is 3.93. The van der Waals surface area contributed by atoms with Crippen molar-refractivity contribution in [1.29, 1.82) is 5.26 Å². The smallest absolute Gasteiger partial charge is 0.134 e. The van der Waals surface area contributed by atoms with Gasteiger partial charge in [-0.3, -0.25) is 10.00 Å². The van der Waals surface area contributed by atoms with Gasteiger partial charge in [-0.25, -0.2) is 0 Å². The highest BCUT2D eigenvalue weighted by molar-refractivity contribution is 9.10. The van der Waals surface area contributed by atoms with Gasteiger partial charge in [0.1, 0.15) is 5.54 Å². The van der Waals surface area contributed by atoms with Crippen LogP contribution in [0.5, 0.6) is 0 Å². The van der Waals surface area contributed by atoms with Crippen LogP contribution in [0.4, 0.5) is 0 Å². The van der Waals surface area contributed by atoms with Crippen LogP contribution in [0.25, 0.3) is 0 Å². The molecule has 0 aliphatic heterocycles. The quantitative estimate of drug-likeness (QED) is 0.871. The van der Waals surface area contributed by atoms with Crippen molar-refractivity contribution in [2.75, 3.05) is 0 Å². The first-order valence-electron chi connectivity index (χ1n) is 6.98. The van der Waals surface area contributed by atoms with E-state index in [4.69, 9.17) is 0 Å². The van der Waals surface area contributed by atoms with Crippen LogP contribution in [0.2, 0.25) is 0 Å². The first kappa shape index (κ1) is 15.7. The molecule has 1 aromatic carbocycles. The molecule has 2 aromatic rings. The second kappa shape index (κ2) is 6.88. The number of nitrogens with one attached hydrogen (secondary N) is 1. The van der Waals surface area contributed by atoms with Crippen molar-refractivity contribution in [3.05, 3.63) is 52.8 Å². The number of benzene rings is 1. The lowest BCUT2D eigenvalue weighted by atomic mass is 9.87. The molecule has 0 aliphatic rings. The van der Waals surface area contributed by atoms with E-state index in [-0.39, 0.29) is 6.04 Å². The molecule has 1 heterocycles. The molecule has 1 atom stereocenters. The molecule has 110 valence electrons. The third-order valence-corrected chi connectivity index (χ3v) is 3.72. The van der Waals surface area contributed by atoms with Crippen LogP contribution < -0.4 is 5.32 Å². The number of halogens is 1. The highest BCUT2D eigenvalue weighted by Crippen LogP contribution is 2.26. The molecule has 0 spiro atoms. The zero-order valence-electron chi connectivity index (χ0n) is 12.3. The molecule has 1 aromatic heterocycles. The lowest BCUT2D eigenvalue weighted by molar-refractivity contribution is 0.337. The van der Waals surface area contributed by atoms with Crippen LogP contribution in [-0.2, 0) is 12.1 Å². The zero-order valence-corrected chi connectivity index (χ0v) is 13.8.